The topological polar surface area (TPSA) is 50.8 Å². The molecule has 1 aliphatic rings. The Kier molecular flexibility index (Phi) is 4.63. The number of carbonyl (C=O) groups excluding carboxylic acids is 1. The lowest BCUT2D eigenvalue weighted by atomic mass is 10.0. The van der Waals surface area contributed by atoms with E-state index in [0.29, 0.717) is 24.8 Å². The van der Waals surface area contributed by atoms with E-state index in [2.05, 4.69) is 5.32 Å². The van der Waals surface area contributed by atoms with Crippen LogP contribution < -0.4 is 15.0 Å². The van der Waals surface area contributed by atoms with Crippen LogP contribution >= 0.6 is 0 Å². The minimum absolute atomic E-state index is 0.301. The van der Waals surface area contributed by atoms with Crippen LogP contribution in [0.5, 0.6) is 5.75 Å². The Bertz CT molecular complexity index is 436. The summed E-state index contributed by atoms with van der Waals surface area (Å²) >= 11 is 0. The van der Waals surface area contributed by atoms with Gasteiger partial charge in [0.15, 0.2) is 0 Å². The van der Waals surface area contributed by atoms with E-state index in [1.807, 2.05) is 31.3 Å². The SMILES string of the molecule is CNCCC1COC(=O)N(c2ccccc2OC)C1. The van der Waals surface area contributed by atoms with Crippen molar-refractivity contribution in [1.29, 1.82) is 0 Å². The first-order chi connectivity index (χ1) is 9.26. The predicted molar refractivity (Wildman–Crippen MR) is 73.7 cm³/mol. The number of ether oxygens (including phenoxy) is 2. The standard InChI is InChI=1S/C14H20N2O3/c1-15-8-7-11-9-16(14(17)19-10-11)12-5-3-4-6-13(12)18-2/h3-6,11,15H,7-10H2,1-2H3. The number of amides is 1. The smallest absolute Gasteiger partial charge is 0.414 e. The molecule has 2 rings (SSSR count). The summed E-state index contributed by atoms with van der Waals surface area (Å²) in [6.07, 6.45) is 0.681. The lowest BCUT2D eigenvalue weighted by molar-refractivity contribution is 0.112. The number of methoxy groups -OCH3 is 1. The minimum Gasteiger partial charge on any atom is -0.495 e. The maximum Gasteiger partial charge on any atom is 0.414 e. The lowest BCUT2D eigenvalue weighted by Gasteiger charge is -2.32. The zero-order valence-electron chi connectivity index (χ0n) is 11.4. The number of para-hydroxylation sites is 2. The Morgan fingerprint density at radius 1 is 1.47 bits per heavy atom. The first-order valence-electron chi connectivity index (χ1n) is 6.48. The van der Waals surface area contributed by atoms with Gasteiger partial charge in [-0.2, -0.15) is 0 Å². The molecule has 1 fully saturated rings. The second-order valence-electron chi connectivity index (χ2n) is 4.62. The normalized spacial score (nSPS) is 19.2. The summed E-state index contributed by atoms with van der Waals surface area (Å²) in [5.41, 5.74) is 0.768. The van der Waals surface area contributed by atoms with E-state index in [1.165, 1.54) is 0 Å². The number of nitrogens with zero attached hydrogens (tertiary/aromatic N) is 1. The van der Waals surface area contributed by atoms with Crippen LogP contribution in [0.1, 0.15) is 6.42 Å². The van der Waals surface area contributed by atoms with Crippen LogP contribution in [0.3, 0.4) is 0 Å². The van der Waals surface area contributed by atoms with Crippen molar-refractivity contribution < 1.29 is 14.3 Å². The third-order valence-corrected chi connectivity index (χ3v) is 3.28. The van der Waals surface area contributed by atoms with Crippen LogP contribution in [0.4, 0.5) is 10.5 Å². The molecular weight excluding hydrogens is 244 g/mol. The molecule has 1 aromatic carbocycles. The number of hydrogen-bond donors (Lipinski definition) is 1. The van der Waals surface area contributed by atoms with Crippen LogP contribution in [-0.4, -0.2) is 39.9 Å². The Labute approximate surface area is 113 Å². The summed E-state index contributed by atoms with van der Waals surface area (Å²) in [6.45, 7) is 2.08. The fraction of sp³-hybridized carbons (Fsp3) is 0.500. The number of carbonyl (C=O) groups is 1. The second-order valence-corrected chi connectivity index (χ2v) is 4.62. The summed E-state index contributed by atoms with van der Waals surface area (Å²) in [6, 6.07) is 7.50. The molecule has 0 aliphatic carbocycles. The Morgan fingerprint density at radius 2 is 2.26 bits per heavy atom. The number of rotatable bonds is 5. The van der Waals surface area contributed by atoms with Gasteiger partial charge in [-0.1, -0.05) is 12.1 Å². The fourth-order valence-corrected chi connectivity index (χ4v) is 2.23. The van der Waals surface area contributed by atoms with Crippen molar-refractivity contribution in [3.63, 3.8) is 0 Å². The van der Waals surface area contributed by atoms with Crippen molar-refractivity contribution in [3.8, 4) is 5.75 Å². The molecule has 5 nitrogen and oxygen atoms in total. The minimum atomic E-state index is -0.301. The number of anilines is 1. The van der Waals surface area contributed by atoms with Gasteiger partial charge in [0.25, 0.3) is 0 Å². The zero-order valence-corrected chi connectivity index (χ0v) is 11.4. The Balaban J connectivity index is 2.14. The molecule has 0 aromatic heterocycles. The van der Waals surface area contributed by atoms with Crippen molar-refractivity contribution in [1.82, 2.24) is 5.32 Å². The number of hydrogen-bond acceptors (Lipinski definition) is 4. The molecule has 1 heterocycles. The van der Waals surface area contributed by atoms with Gasteiger partial charge in [0.1, 0.15) is 5.75 Å². The van der Waals surface area contributed by atoms with E-state index < -0.39 is 0 Å². The molecule has 1 unspecified atom stereocenters. The van der Waals surface area contributed by atoms with Crippen LogP contribution in [-0.2, 0) is 4.74 Å². The van der Waals surface area contributed by atoms with Gasteiger partial charge < -0.3 is 14.8 Å². The van der Waals surface area contributed by atoms with Crippen LogP contribution in [0.15, 0.2) is 24.3 Å². The van der Waals surface area contributed by atoms with Crippen molar-refractivity contribution >= 4 is 11.8 Å². The molecule has 1 saturated heterocycles. The van der Waals surface area contributed by atoms with Gasteiger partial charge in [-0.3, -0.25) is 4.90 Å². The number of nitrogens with one attached hydrogen (secondary N) is 1. The molecule has 1 aliphatic heterocycles. The maximum absolute atomic E-state index is 11.9. The second kappa shape index (κ2) is 6.43. The average Bonchev–Trinajstić information content (AvgIpc) is 2.46. The molecule has 1 N–H and O–H groups in total. The highest BCUT2D eigenvalue weighted by Crippen LogP contribution is 2.30. The summed E-state index contributed by atoms with van der Waals surface area (Å²) in [4.78, 5) is 13.6. The van der Waals surface area contributed by atoms with Crippen molar-refractivity contribution in [2.24, 2.45) is 5.92 Å². The van der Waals surface area contributed by atoms with Gasteiger partial charge in [0.05, 0.1) is 19.4 Å². The molecule has 1 atom stereocenters. The van der Waals surface area contributed by atoms with Gasteiger partial charge in [-0.25, -0.2) is 4.79 Å². The van der Waals surface area contributed by atoms with Gasteiger partial charge >= 0.3 is 6.09 Å². The van der Waals surface area contributed by atoms with Gasteiger partial charge in [-0.15, -0.1) is 0 Å². The third kappa shape index (κ3) is 3.17. The average molecular weight is 264 g/mol. The van der Waals surface area contributed by atoms with Crippen molar-refractivity contribution in [3.05, 3.63) is 24.3 Å². The maximum atomic E-state index is 11.9. The van der Waals surface area contributed by atoms with Gasteiger partial charge in [-0.05, 0) is 32.1 Å². The predicted octanol–water partition coefficient (Wildman–Crippen LogP) is 1.88. The molecule has 0 spiro atoms. The summed E-state index contributed by atoms with van der Waals surface area (Å²) in [5, 5.41) is 3.12. The van der Waals surface area contributed by atoms with Gasteiger partial charge in [0.2, 0.25) is 0 Å². The largest absolute Gasteiger partial charge is 0.495 e. The monoisotopic (exact) mass is 264 g/mol. The number of benzene rings is 1. The van der Waals surface area contributed by atoms with E-state index in [4.69, 9.17) is 9.47 Å². The Hall–Kier alpha value is -1.75. The van der Waals surface area contributed by atoms with Crippen LogP contribution in [0.25, 0.3) is 0 Å². The zero-order chi connectivity index (χ0) is 13.7. The molecule has 19 heavy (non-hydrogen) atoms. The lowest BCUT2D eigenvalue weighted by Crippen LogP contribution is -2.44. The first kappa shape index (κ1) is 13.7. The fourth-order valence-electron chi connectivity index (χ4n) is 2.23. The molecule has 0 radical (unpaired) electrons. The summed E-state index contributed by atoms with van der Waals surface area (Å²) in [7, 11) is 3.53. The highest BCUT2D eigenvalue weighted by atomic mass is 16.6. The third-order valence-electron chi connectivity index (χ3n) is 3.28. The Morgan fingerprint density at radius 3 is 3.00 bits per heavy atom. The molecule has 1 aromatic rings. The van der Waals surface area contributed by atoms with E-state index in [-0.39, 0.29) is 6.09 Å². The van der Waals surface area contributed by atoms with Crippen LogP contribution in [0.2, 0.25) is 0 Å². The first-order valence-corrected chi connectivity index (χ1v) is 6.48. The van der Waals surface area contributed by atoms with Gasteiger partial charge in [0, 0.05) is 12.5 Å². The van der Waals surface area contributed by atoms with Crippen molar-refractivity contribution in [2.75, 3.05) is 38.8 Å². The molecule has 5 heteroatoms. The highest BCUT2D eigenvalue weighted by molar-refractivity contribution is 5.90. The van der Waals surface area contributed by atoms with Crippen LogP contribution in [0, 0.1) is 5.92 Å². The molecular formula is C14H20N2O3. The van der Waals surface area contributed by atoms with Crippen molar-refractivity contribution in [2.45, 2.75) is 6.42 Å². The summed E-state index contributed by atoms with van der Waals surface area (Å²) in [5.74, 6) is 1.03. The molecule has 104 valence electrons. The quantitative estimate of drug-likeness (QED) is 0.882. The van der Waals surface area contributed by atoms with E-state index in [1.54, 1.807) is 12.0 Å². The molecule has 0 bridgehead atoms. The van der Waals surface area contributed by atoms with E-state index >= 15 is 0 Å². The van der Waals surface area contributed by atoms with E-state index in [9.17, 15) is 4.79 Å². The molecule has 1 amide bonds. The molecule has 0 saturated carbocycles. The number of cyclic esters (lactones) is 1. The van der Waals surface area contributed by atoms with E-state index in [0.717, 1.165) is 18.7 Å². The highest BCUT2D eigenvalue weighted by Gasteiger charge is 2.29. The summed E-state index contributed by atoms with van der Waals surface area (Å²) < 4.78 is 10.6.